The number of amides is 2. The topological polar surface area (TPSA) is 52.7 Å². The van der Waals surface area contributed by atoms with E-state index in [0.29, 0.717) is 32.2 Å². The largest absolute Gasteiger partial charge is 0.339 e. The van der Waals surface area contributed by atoms with E-state index >= 15 is 0 Å². The summed E-state index contributed by atoms with van der Waals surface area (Å²) >= 11 is 0. The van der Waals surface area contributed by atoms with Crippen LogP contribution in [0.15, 0.2) is 12.1 Å². The van der Waals surface area contributed by atoms with E-state index in [1.54, 1.807) is 4.90 Å². The highest BCUT2D eigenvalue weighted by atomic mass is 19.2. The Bertz CT molecular complexity index is 656. The quantitative estimate of drug-likeness (QED) is 0.673. The molecule has 1 aromatic carbocycles. The molecule has 132 valence electrons. The van der Waals surface area contributed by atoms with Gasteiger partial charge in [0.05, 0.1) is 5.69 Å². The molecule has 8 heteroatoms. The minimum Gasteiger partial charge on any atom is -0.339 e. The summed E-state index contributed by atoms with van der Waals surface area (Å²) in [6.07, 6.45) is 0. The third-order valence-electron chi connectivity index (χ3n) is 4.18. The average Bonchev–Trinajstić information content (AvgIpc) is 2.55. The third-order valence-corrected chi connectivity index (χ3v) is 4.18. The molecule has 5 nitrogen and oxygen atoms in total. The van der Waals surface area contributed by atoms with Crippen molar-refractivity contribution in [3.8, 4) is 0 Å². The Kier molecular flexibility index (Phi) is 5.17. The maximum Gasteiger partial charge on any atom is 0.239 e. The Morgan fingerprint density at radius 2 is 1.62 bits per heavy atom. The van der Waals surface area contributed by atoms with E-state index in [1.807, 2.05) is 7.05 Å². The molecule has 0 unspecified atom stereocenters. The molecule has 24 heavy (non-hydrogen) atoms. The smallest absolute Gasteiger partial charge is 0.239 e. The molecular formula is C16H20F3N3O2. The number of anilines is 1. The zero-order valence-corrected chi connectivity index (χ0v) is 13.8. The maximum absolute atomic E-state index is 13.7. The lowest BCUT2D eigenvalue weighted by Gasteiger charge is -2.36. The lowest BCUT2D eigenvalue weighted by atomic mass is 9.89. The van der Waals surface area contributed by atoms with Gasteiger partial charge in [0.15, 0.2) is 17.5 Å². The molecule has 0 aromatic heterocycles. The molecule has 1 aromatic rings. The van der Waals surface area contributed by atoms with Gasteiger partial charge in [-0.1, -0.05) is 0 Å². The van der Waals surface area contributed by atoms with E-state index in [2.05, 4.69) is 10.2 Å². The number of carbonyl (C=O) groups excluding carboxylic acids is 2. The molecule has 0 saturated carbocycles. The summed E-state index contributed by atoms with van der Waals surface area (Å²) in [6, 6.07) is 1.63. The van der Waals surface area contributed by atoms with Crippen molar-refractivity contribution < 1.29 is 22.8 Å². The highest BCUT2D eigenvalue weighted by molar-refractivity contribution is 6.09. The molecule has 1 fully saturated rings. The Morgan fingerprint density at radius 3 is 2.21 bits per heavy atom. The Hall–Kier alpha value is -2.09. The van der Waals surface area contributed by atoms with E-state index in [1.165, 1.54) is 13.8 Å². The van der Waals surface area contributed by atoms with Gasteiger partial charge in [0.1, 0.15) is 5.41 Å². The second-order valence-electron chi connectivity index (χ2n) is 6.40. The van der Waals surface area contributed by atoms with Gasteiger partial charge < -0.3 is 15.1 Å². The van der Waals surface area contributed by atoms with Crippen LogP contribution >= 0.6 is 0 Å². The zero-order valence-electron chi connectivity index (χ0n) is 13.8. The number of rotatable bonds is 3. The van der Waals surface area contributed by atoms with Crippen molar-refractivity contribution in [1.29, 1.82) is 0 Å². The molecule has 2 rings (SSSR count). The number of piperazine rings is 1. The first kappa shape index (κ1) is 18.3. The van der Waals surface area contributed by atoms with Crippen molar-refractivity contribution in [2.45, 2.75) is 13.8 Å². The Balaban J connectivity index is 2.13. The minimum atomic E-state index is -1.67. The van der Waals surface area contributed by atoms with Crippen molar-refractivity contribution in [3.05, 3.63) is 29.6 Å². The van der Waals surface area contributed by atoms with Gasteiger partial charge in [-0.15, -0.1) is 0 Å². The van der Waals surface area contributed by atoms with Crippen LogP contribution in [0.25, 0.3) is 0 Å². The van der Waals surface area contributed by atoms with Gasteiger partial charge in [-0.3, -0.25) is 9.59 Å². The summed E-state index contributed by atoms with van der Waals surface area (Å²) in [7, 11) is 1.94. The average molecular weight is 343 g/mol. The van der Waals surface area contributed by atoms with E-state index in [0.717, 1.165) is 6.07 Å². The van der Waals surface area contributed by atoms with Gasteiger partial charge in [-0.25, -0.2) is 13.2 Å². The monoisotopic (exact) mass is 343 g/mol. The second kappa shape index (κ2) is 6.80. The molecule has 0 bridgehead atoms. The fourth-order valence-electron chi connectivity index (χ4n) is 2.40. The first-order valence-electron chi connectivity index (χ1n) is 7.57. The van der Waals surface area contributed by atoms with E-state index in [9.17, 15) is 22.8 Å². The highest BCUT2D eigenvalue weighted by Gasteiger charge is 2.40. The molecule has 0 spiro atoms. The lowest BCUT2D eigenvalue weighted by Crippen LogP contribution is -2.53. The van der Waals surface area contributed by atoms with Crippen molar-refractivity contribution in [1.82, 2.24) is 9.80 Å². The molecule has 1 N–H and O–H groups in total. The van der Waals surface area contributed by atoms with Crippen molar-refractivity contribution in [2.24, 2.45) is 5.41 Å². The molecule has 1 saturated heterocycles. The Labute approximate surface area is 138 Å². The second-order valence-corrected chi connectivity index (χ2v) is 6.40. The van der Waals surface area contributed by atoms with Crippen LogP contribution in [0.4, 0.5) is 18.9 Å². The van der Waals surface area contributed by atoms with Crippen LogP contribution in [-0.2, 0) is 9.59 Å². The summed E-state index contributed by atoms with van der Waals surface area (Å²) in [5, 5.41) is 2.17. The van der Waals surface area contributed by atoms with Gasteiger partial charge in [-0.2, -0.15) is 0 Å². The predicted octanol–water partition coefficient (Wildman–Crippen LogP) is 1.84. The van der Waals surface area contributed by atoms with Crippen molar-refractivity contribution in [2.75, 3.05) is 38.5 Å². The van der Waals surface area contributed by atoms with Crippen LogP contribution in [0.1, 0.15) is 13.8 Å². The molecule has 0 aliphatic carbocycles. The predicted molar refractivity (Wildman–Crippen MR) is 82.8 cm³/mol. The number of hydrogen-bond donors (Lipinski definition) is 1. The number of benzene rings is 1. The Morgan fingerprint density at radius 1 is 1.04 bits per heavy atom. The minimum absolute atomic E-state index is 0.393. The fraction of sp³-hybridized carbons (Fsp3) is 0.500. The van der Waals surface area contributed by atoms with Gasteiger partial charge in [0.25, 0.3) is 0 Å². The molecule has 0 radical (unpaired) electrons. The van der Waals surface area contributed by atoms with Crippen LogP contribution < -0.4 is 5.32 Å². The first-order valence-corrected chi connectivity index (χ1v) is 7.57. The molecular weight excluding hydrogens is 323 g/mol. The molecule has 2 amide bonds. The summed E-state index contributed by atoms with van der Waals surface area (Å²) in [5.74, 6) is -5.69. The summed E-state index contributed by atoms with van der Waals surface area (Å²) in [6.45, 7) is 5.21. The SMILES string of the molecule is CN1CCN(C(=O)C(C)(C)C(=O)Nc2ccc(F)c(F)c2F)CC1. The molecule has 1 heterocycles. The van der Waals surface area contributed by atoms with Crippen molar-refractivity contribution >= 4 is 17.5 Å². The van der Waals surface area contributed by atoms with Crippen LogP contribution in [0.5, 0.6) is 0 Å². The van der Waals surface area contributed by atoms with E-state index in [-0.39, 0.29) is 0 Å². The van der Waals surface area contributed by atoms with Gasteiger partial charge >= 0.3 is 0 Å². The first-order chi connectivity index (χ1) is 11.1. The van der Waals surface area contributed by atoms with Gasteiger partial charge in [0, 0.05) is 26.2 Å². The highest BCUT2D eigenvalue weighted by Crippen LogP contribution is 2.25. The summed E-state index contributed by atoms with van der Waals surface area (Å²) in [5.41, 5.74) is -1.97. The van der Waals surface area contributed by atoms with Crippen LogP contribution in [0.3, 0.4) is 0 Å². The van der Waals surface area contributed by atoms with Gasteiger partial charge in [0.2, 0.25) is 11.8 Å². The number of halogens is 3. The van der Waals surface area contributed by atoms with Crippen LogP contribution in [0.2, 0.25) is 0 Å². The molecule has 0 atom stereocenters. The normalized spacial score (nSPS) is 16.2. The van der Waals surface area contributed by atoms with E-state index in [4.69, 9.17) is 0 Å². The zero-order chi connectivity index (χ0) is 18.1. The fourth-order valence-corrected chi connectivity index (χ4v) is 2.40. The lowest BCUT2D eigenvalue weighted by molar-refractivity contribution is -0.147. The standard InChI is InChI=1S/C16H20F3N3O2/c1-16(2,15(24)22-8-6-21(3)7-9-22)14(23)20-11-5-4-10(17)12(18)13(11)19/h4-5H,6-9H2,1-3H3,(H,20,23). The number of nitrogens with zero attached hydrogens (tertiary/aromatic N) is 2. The molecule has 1 aliphatic rings. The van der Waals surface area contributed by atoms with Crippen molar-refractivity contribution in [3.63, 3.8) is 0 Å². The number of hydrogen-bond acceptors (Lipinski definition) is 3. The maximum atomic E-state index is 13.7. The number of likely N-dealkylation sites (N-methyl/N-ethyl adjacent to an activating group) is 1. The summed E-state index contributed by atoms with van der Waals surface area (Å²) in [4.78, 5) is 28.6. The van der Waals surface area contributed by atoms with Crippen LogP contribution in [0, 0.1) is 22.9 Å². The number of nitrogens with one attached hydrogen (secondary N) is 1. The number of carbonyl (C=O) groups is 2. The molecule has 1 aliphatic heterocycles. The van der Waals surface area contributed by atoms with Crippen LogP contribution in [-0.4, -0.2) is 54.8 Å². The van der Waals surface area contributed by atoms with Gasteiger partial charge in [-0.05, 0) is 33.0 Å². The third kappa shape index (κ3) is 3.53. The summed E-state index contributed by atoms with van der Waals surface area (Å²) < 4.78 is 39.9. The van der Waals surface area contributed by atoms with E-state index < -0.39 is 40.4 Å².